The molecule has 2 nitrogen and oxygen atoms in total. The summed E-state index contributed by atoms with van der Waals surface area (Å²) in [5.74, 6) is 0. The first-order valence-corrected chi connectivity index (χ1v) is 16.7. The van der Waals surface area contributed by atoms with Gasteiger partial charge in [0.05, 0.1) is 0 Å². The van der Waals surface area contributed by atoms with Crippen LogP contribution in [0.4, 0.5) is 17.1 Å². The molecule has 0 atom stereocenters. The van der Waals surface area contributed by atoms with E-state index in [4.69, 9.17) is 0 Å². The molecule has 0 saturated heterocycles. The molecule has 0 unspecified atom stereocenters. The van der Waals surface area contributed by atoms with E-state index >= 15 is 0 Å². The van der Waals surface area contributed by atoms with Crippen LogP contribution in [0, 0.1) is 0 Å². The van der Waals surface area contributed by atoms with Crippen molar-refractivity contribution in [1.29, 1.82) is 0 Å². The maximum absolute atomic E-state index is 2.42. The summed E-state index contributed by atoms with van der Waals surface area (Å²) in [4.78, 5) is 2.36. The van der Waals surface area contributed by atoms with Crippen molar-refractivity contribution in [3.05, 3.63) is 176 Å². The van der Waals surface area contributed by atoms with Crippen LogP contribution >= 0.6 is 0 Å². The third-order valence-corrected chi connectivity index (χ3v) is 9.75. The number of fused-ring (bicyclic) bond motifs is 6. The van der Waals surface area contributed by atoms with Crippen LogP contribution in [0.25, 0.3) is 65.6 Å². The molecule has 1 heterocycles. The fourth-order valence-corrected chi connectivity index (χ4v) is 7.51. The zero-order chi connectivity index (χ0) is 32.0. The Morgan fingerprint density at radius 3 is 1.92 bits per heavy atom. The van der Waals surface area contributed by atoms with Crippen LogP contribution in [-0.2, 0) is 6.54 Å². The number of para-hydroxylation sites is 2. The quantitative estimate of drug-likeness (QED) is 0.169. The molecule has 0 aliphatic rings. The second kappa shape index (κ2) is 11.6. The molecule has 48 heavy (non-hydrogen) atoms. The van der Waals surface area contributed by atoms with E-state index in [9.17, 15) is 0 Å². The monoisotopic (exact) mass is 614 g/mol. The molecule has 0 saturated carbocycles. The van der Waals surface area contributed by atoms with Crippen LogP contribution in [0.2, 0.25) is 0 Å². The summed E-state index contributed by atoms with van der Waals surface area (Å²) >= 11 is 0. The maximum atomic E-state index is 2.42. The Hall–Kier alpha value is -6.12. The van der Waals surface area contributed by atoms with Crippen molar-refractivity contribution < 1.29 is 0 Å². The van der Waals surface area contributed by atoms with Gasteiger partial charge in [-0.2, -0.15) is 0 Å². The molecule has 9 rings (SSSR count). The predicted molar refractivity (Wildman–Crippen MR) is 206 cm³/mol. The Bertz CT molecular complexity index is 2590. The van der Waals surface area contributed by atoms with Gasteiger partial charge >= 0.3 is 0 Å². The Kier molecular flexibility index (Phi) is 6.80. The number of hydrogen-bond acceptors (Lipinski definition) is 1. The average Bonchev–Trinajstić information content (AvgIpc) is 3.49. The average molecular weight is 615 g/mol. The van der Waals surface area contributed by atoms with E-state index in [1.165, 1.54) is 65.6 Å². The second-order valence-electron chi connectivity index (χ2n) is 12.5. The van der Waals surface area contributed by atoms with Crippen LogP contribution < -0.4 is 4.90 Å². The third-order valence-electron chi connectivity index (χ3n) is 9.75. The van der Waals surface area contributed by atoms with Gasteiger partial charge in [-0.15, -0.1) is 0 Å². The fourth-order valence-electron chi connectivity index (χ4n) is 7.51. The predicted octanol–water partition coefficient (Wildman–Crippen LogP) is 12.9. The van der Waals surface area contributed by atoms with Crippen LogP contribution in [0.15, 0.2) is 176 Å². The number of aryl methyl sites for hydroxylation is 1. The standard InChI is InChI=1S/C46H34N2/c1-2-47-44-20-9-8-18-43(44)46-42(19-11-21-45(46)47)35-13-10-16-39(31-35)48(37-14-4-3-5-15-37)38-27-24-32(25-28-38)34-26-29-41-36(30-34)23-22-33-12-6-7-17-40(33)41/h3-31H,2H2,1H3. The molecule has 0 spiro atoms. The minimum absolute atomic E-state index is 0.932. The van der Waals surface area contributed by atoms with Gasteiger partial charge in [0, 0.05) is 45.4 Å². The Morgan fingerprint density at radius 2 is 1.06 bits per heavy atom. The zero-order valence-corrected chi connectivity index (χ0v) is 26.8. The number of rotatable bonds is 6. The summed E-state index contributed by atoms with van der Waals surface area (Å²) in [6.07, 6.45) is 0. The zero-order valence-electron chi connectivity index (χ0n) is 26.8. The number of nitrogens with zero attached hydrogens (tertiary/aromatic N) is 2. The van der Waals surface area contributed by atoms with Crippen LogP contribution in [0.1, 0.15) is 6.92 Å². The lowest BCUT2D eigenvalue weighted by molar-refractivity contribution is 0.827. The second-order valence-corrected chi connectivity index (χ2v) is 12.5. The summed E-state index contributed by atoms with van der Waals surface area (Å²) in [7, 11) is 0. The molecule has 9 aromatic rings. The minimum Gasteiger partial charge on any atom is -0.341 e. The van der Waals surface area contributed by atoms with E-state index in [0.29, 0.717) is 0 Å². The molecule has 0 N–H and O–H groups in total. The van der Waals surface area contributed by atoms with E-state index in [2.05, 4.69) is 192 Å². The summed E-state index contributed by atoms with van der Waals surface area (Å²) in [5.41, 5.74) is 10.8. The Balaban J connectivity index is 1.13. The topological polar surface area (TPSA) is 8.17 Å². The third kappa shape index (κ3) is 4.65. The molecule has 228 valence electrons. The molecule has 0 aliphatic heterocycles. The molecule has 0 radical (unpaired) electrons. The number of benzene rings is 8. The first kappa shape index (κ1) is 28.1. The molecule has 0 amide bonds. The molecule has 0 bridgehead atoms. The first-order chi connectivity index (χ1) is 23.8. The molecule has 1 aromatic heterocycles. The lowest BCUT2D eigenvalue weighted by Crippen LogP contribution is -2.09. The highest BCUT2D eigenvalue weighted by Crippen LogP contribution is 2.41. The van der Waals surface area contributed by atoms with E-state index in [-0.39, 0.29) is 0 Å². The van der Waals surface area contributed by atoms with Gasteiger partial charge in [-0.25, -0.2) is 0 Å². The van der Waals surface area contributed by atoms with Crippen molar-refractivity contribution in [1.82, 2.24) is 4.57 Å². The first-order valence-electron chi connectivity index (χ1n) is 16.7. The van der Waals surface area contributed by atoms with E-state index < -0.39 is 0 Å². The number of aromatic nitrogens is 1. The van der Waals surface area contributed by atoms with Gasteiger partial charge in [-0.3, -0.25) is 0 Å². The van der Waals surface area contributed by atoms with Crippen molar-refractivity contribution in [2.45, 2.75) is 13.5 Å². The van der Waals surface area contributed by atoms with Crippen molar-refractivity contribution in [3.8, 4) is 22.3 Å². The lowest BCUT2D eigenvalue weighted by atomic mass is 9.97. The summed E-state index contributed by atoms with van der Waals surface area (Å²) in [5, 5.41) is 7.73. The van der Waals surface area contributed by atoms with E-state index in [0.717, 1.165) is 23.6 Å². The lowest BCUT2D eigenvalue weighted by Gasteiger charge is -2.26. The Morgan fingerprint density at radius 1 is 0.417 bits per heavy atom. The van der Waals surface area contributed by atoms with Gasteiger partial charge in [0.15, 0.2) is 0 Å². The molecule has 8 aromatic carbocycles. The van der Waals surface area contributed by atoms with Crippen molar-refractivity contribution >= 4 is 60.4 Å². The van der Waals surface area contributed by atoms with Crippen LogP contribution in [-0.4, -0.2) is 4.57 Å². The molecular formula is C46H34N2. The van der Waals surface area contributed by atoms with Crippen molar-refractivity contribution in [3.63, 3.8) is 0 Å². The van der Waals surface area contributed by atoms with Crippen molar-refractivity contribution in [2.24, 2.45) is 0 Å². The fraction of sp³-hybridized carbons (Fsp3) is 0.0435. The highest BCUT2D eigenvalue weighted by molar-refractivity contribution is 6.15. The van der Waals surface area contributed by atoms with Crippen LogP contribution in [0.5, 0.6) is 0 Å². The highest BCUT2D eigenvalue weighted by atomic mass is 15.1. The normalized spacial score (nSPS) is 11.5. The van der Waals surface area contributed by atoms with E-state index in [1.807, 2.05) is 0 Å². The Labute approximate surface area is 280 Å². The van der Waals surface area contributed by atoms with E-state index in [1.54, 1.807) is 0 Å². The molecular weight excluding hydrogens is 581 g/mol. The maximum Gasteiger partial charge on any atom is 0.0497 e. The SMILES string of the molecule is CCn1c2ccccc2c2c(-c3cccc(N(c4ccccc4)c4ccc(-c5ccc6c(ccc7ccccc76)c5)cc4)c3)cccc21. The minimum atomic E-state index is 0.932. The summed E-state index contributed by atoms with van der Waals surface area (Å²) < 4.78 is 2.42. The van der Waals surface area contributed by atoms with Gasteiger partial charge in [-0.05, 0) is 105 Å². The summed E-state index contributed by atoms with van der Waals surface area (Å²) in [6, 6.07) is 64.0. The number of anilines is 3. The van der Waals surface area contributed by atoms with Gasteiger partial charge in [0.25, 0.3) is 0 Å². The summed E-state index contributed by atoms with van der Waals surface area (Å²) in [6.45, 7) is 3.16. The molecule has 2 heteroatoms. The number of hydrogen-bond donors (Lipinski definition) is 0. The van der Waals surface area contributed by atoms with Gasteiger partial charge in [0.2, 0.25) is 0 Å². The van der Waals surface area contributed by atoms with Gasteiger partial charge in [0.1, 0.15) is 0 Å². The van der Waals surface area contributed by atoms with Crippen molar-refractivity contribution in [2.75, 3.05) is 4.90 Å². The largest absolute Gasteiger partial charge is 0.341 e. The molecule has 0 fully saturated rings. The van der Waals surface area contributed by atoms with Gasteiger partial charge in [-0.1, -0.05) is 121 Å². The van der Waals surface area contributed by atoms with Crippen LogP contribution in [0.3, 0.4) is 0 Å². The highest BCUT2D eigenvalue weighted by Gasteiger charge is 2.17. The smallest absolute Gasteiger partial charge is 0.0497 e. The molecule has 0 aliphatic carbocycles. The van der Waals surface area contributed by atoms with Gasteiger partial charge < -0.3 is 9.47 Å².